The highest BCUT2D eigenvalue weighted by Crippen LogP contribution is 2.26. The van der Waals surface area contributed by atoms with Crippen LogP contribution in [0.1, 0.15) is 16.8 Å². The summed E-state index contributed by atoms with van der Waals surface area (Å²) in [6, 6.07) is 4.89. The zero-order valence-corrected chi connectivity index (χ0v) is 12.2. The van der Waals surface area contributed by atoms with Crippen LogP contribution in [0.4, 0.5) is 0 Å². The fraction of sp³-hybridized carbons (Fsp3) is 0.333. The van der Waals surface area contributed by atoms with Gasteiger partial charge in [-0.1, -0.05) is 11.6 Å². The lowest BCUT2D eigenvalue weighted by Crippen LogP contribution is -2.50. The molecule has 19 heavy (non-hydrogen) atoms. The van der Waals surface area contributed by atoms with Crippen molar-refractivity contribution in [3.8, 4) is 0 Å². The summed E-state index contributed by atoms with van der Waals surface area (Å²) in [5.41, 5.74) is 4.79. The molecule has 0 aliphatic carbocycles. The van der Waals surface area contributed by atoms with Crippen LogP contribution in [0, 0.1) is 0 Å². The third kappa shape index (κ3) is 2.75. The monoisotopic (exact) mass is 346 g/mol. The van der Waals surface area contributed by atoms with E-state index in [1.807, 2.05) is 0 Å². The number of carbonyl (C=O) groups is 2. The van der Waals surface area contributed by atoms with E-state index in [1.54, 1.807) is 18.2 Å². The molecule has 3 N–H and O–H groups in total. The number of nitrogens with zero attached hydrogens (tertiary/aromatic N) is 1. The van der Waals surface area contributed by atoms with E-state index >= 15 is 0 Å². The minimum absolute atomic E-state index is 0.000119. The first-order valence-corrected chi connectivity index (χ1v) is 6.77. The van der Waals surface area contributed by atoms with Crippen LogP contribution in [-0.4, -0.2) is 40.5 Å². The number of likely N-dealkylation sites (tertiary alicyclic amines) is 1. The van der Waals surface area contributed by atoms with Crippen LogP contribution in [0.25, 0.3) is 0 Å². The molecule has 1 heterocycles. The second-order valence-electron chi connectivity index (χ2n) is 4.56. The van der Waals surface area contributed by atoms with Gasteiger partial charge in [-0.3, -0.25) is 9.59 Å². The van der Waals surface area contributed by atoms with Gasteiger partial charge in [-0.2, -0.15) is 0 Å². The standard InChI is InChI=1S/C12H12BrClN2O3/c13-9-2-1-7(14)5-8(9)10(17)16-4-3-12(15,6-16)11(18)19/h1-2,5H,3-4,6,15H2,(H,18,19). The summed E-state index contributed by atoms with van der Waals surface area (Å²) in [5.74, 6) is -1.36. The van der Waals surface area contributed by atoms with Crippen LogP contribution in [0.3, 0.4) is 0 Å². The molecule has 0 aromatic heterocycles. The van der Waals surface area contributed by atoms with Gasteiger partial charge >= 0.3 is 5.97 Å². The van der Waals surface area contributed by atoms with Gasteiger partial charge in [0.2, 0.25) is 0 Å². The normalized spacial score (nSPS) is 22.6. The van der Waals surface area contributed by atoms with Gasteiger partial charge in [0.15, 0.2) is 0 Å². The van der Waals surface area contributed by atoms with E-state index < -0.39 is 11.5 Å². The molecular weight excluding hydrogens is 336 g/mol. The van der Waals surface area contributed by atoms with Gasteiger partial charge in [0.25, 0.3) is 5.91 Å². The summed E-state index contributed by atoms with van der Waals surface area (Å²) in [6.07, 6.45) is 0.242. The van der Waals surface area contributed by atoms with Crippen molar-refractivity contribution in [2.24, 2.45) is 5.73 Å². The molecule has 0 bridgehead atoms. The lowest BCUT2D eigenvalue weighted by molar-refractivity contribution is -0.142. The molecule has 1 aromatic carbocycles. The highest BCUT2D eigenvalue weighted by molar-refractivity contribution is 9.10. The Labute approximate surface area is 123 Å². The SMILES string of the molecule is NC1(C(=O)O)CCN(C(=O)c2cc(Cl)ccc2Br)C1. The van der Waals surface area contributed by atoms with E-state index in [-0.39, 0.29) is 18.9 Å². The van der Waals surface area contributed by atoms with Crippen LogP contribution in [-0.2, 0) is 4.79 Å². The van der Waals surface area contributed by atoms with E-state index in [0.717, 1.165) is 0 Å². The first-order valence-electron chi connectivity index (χ1n) is 5.60. The second-order valence-corrected chi connectivity index (χ2v) is 5.85. The Kier molecular flexibility index (Phi) is 3.85. The Morgan fingerprint density at radius 2 is 2.16 bits per heavy atom. The topological polar surface area (TPSA) is 83.6 Å². The van der Waals surface area contributed by atoms with Crippen LogP contribution in [0.5, 0.6) is 0 Å². The molecule has 2 rings (SSSR count). The van der Waals surface area contributed by atoms with Gasteiger partial charge in [-0.05, 0) is 40.5 Å². The summed E-state index contributed by atoms with van der Waals surface area (Å²) in [4.78, 5) is 24.8. The number of benzene rings is 1. The third-order valence-electron chi connectivity index (χ3n) is 3.17. The predicted octanol–water partition coefficient (Wildman–Crippen LogP) is 1.73. The zero-order valence-electron chi connectivity index (χ0n) is 9.90. The molecule has 1 aliphatic heterocycles. The molecule has 7 heteroatoms. The predicted molar refractivity (Wildman–Crippen MR) is 74.2 cm³/mol. The molecule has 1 unspecified atom stereocenters. The van der Waals surface area contributed by atoms with Crippen molar-refractivity contribution in [2.75, 3.05) is 13.1 Å². The Morgan fingerprint density at radius 1 is 1.47 bits per heavy atom. The van der Waals surface area contributed by atoms with Crippen LogP contribution >= 0.6 is 27.5 Å². The highest BCUT2D eigenvalue weighted by Gasteiger charge is 2.43. The molecule has 0 saturated carbocycles. The Morgan fingerprint density at radius 3 is 2.74 bits per heavy atom. The number of nitrogens with two attached hydrogens (primary N) is 1. The summed E-state index contributed by atoms with van der Waals surface area (Å²) in [6.45, 7) is 0.320. The number of hydrogen-bond donors (Lipinski definition) is 2. The Bertz CT molecular complexity index is 552. The number of carboxylic acid groups (broad SMARTS) is 1. The minimum Gasteiger partial charge on any atom is -0.480 e. The minimum atomic E-state index is -1.36. The Hall–Kier alpha value is -1.11. The lowest BCUT2D eigenvalue weighted by Gasteiger charge is -2.20. The number of carboxylic acids is 1. The molecule has 1 saturated heterocycles. The zero-order chi connectivity index (χ0) is 14.2. The van der Waals surface area contributed by atoms with Crippen molar-refractivity contribution in [2.45, 2.75) is 12.0 Å². The molecular formula is C12H12BrClN2O3. The fourth-order valence-corrected chi connectivity index (χ4v) is 2.60. The van der Waals surface area contributed by atoms with E-state index in [2.05, 4.69) is 15.9 Å². The fourth-order valence-electron chi connectivity index (χ4n) is 2.01. The van der Waals surface area contributed by atoms with Gasteiger partial charge < -0.3 is 15.7 Å². The second kappa shape index (κ2) is 5.11. The van der Waals surface area contributed by atoms with Crippen LogP contribution in [0.2, 0.25) is 5.02 Å². The van der Waals surface area contributed by atoms with Gasteiger partial charge in [-0.25, -0.2) is 0 Å². The largest absolute Gasteiger partial charge is 0.480 e. The number of aliphatic carboxylic acids is 1. The molecule has 1 amide bonds. The van der Waals surface area contributed by atoms with Crippen molar-refractivity contribution in [3.63, 3.8) is 0 Å². The number of rotatable bonds is 2. The quantitative estimate of drug-likeness (QED) is 0.853. The molecule has 1 aliphatic rings. The molecule has 0 spiro atoms. The van der Waals surface area contributed by atoms with Crippen molar-refractivity contribution in [3.05, 3.63) is 33.3 Å². The molecule has 1 atom stereocenters. The maximum Gasteiger partial charge on any atom is 0.325 e. The first-order chi connectivity index (χ1) is 8.83. The maximum atomic E-state index is 12.3. The molecule has 1 aromatic rings. The van der Waals surface area contributed by atoms with Gasteiger partial charge in [0, 0.05) is 22.6 Å². The van der Waals surface area contributed by atoms with Crippen molar-refractivity contribution < 1.29 is 14.7 Å². The van der Waals surface area contributed by atoms with E-state index in [0.29, 0.717) is 21.6 Å². The Balaban J connectivity index is 2.22. The average molecular weight is 348 g/mol. The van der Waals surface area contributed by atoms with E-state index in [9.17, 15) is 9.59 Å². The average Bonchev–Trinajstić information content (AvgIpc) is 2.76. The van der Waals surface area contributed by atoms with Crippen molar-refractivity contribution in [1.29, 1.82) is 0 Å². The summed E-state index contributed by atoms with van der Waals surface area (Å²) in [7, 11) is 0. The maximum absolute atomic E-state index is 12.3. The van der Waals surface area contributed by atoms with Crippen molar-refractivity contribution in [1.82, 2.24) is 4.90 Å². The summed E-state index contributed by atoms with van der Waals surface area (Å²) >= 11 is 9.15. The molecule has 102 valence electrons. The van der Waals surface area contributed by atoms with E-state index in [4.69, 9.17) is 22.4 Å². The molecule has 0 radical (unpaired) electrons. The number of hydrogen-bond acceptors (Lipinski definition) is 3. The summed E-state index contributed by atoms with van der Waals surface area (Å²) < 4.78 is 0.617. The molecule has 5 nitrogen and oxygen atoms in total. The highest BCUT2D eigenvalue weighted by atomic mass is 79.9. The number of halogens is 2. The van der Waals surface area contributed by atoms with Gasteiger partial charge in [0.1, 0.15) is 5.54 Å². The third-order valence-corrected chi connectivity index (χ3v) is 4.10. The van der Waals surface area contributed by atoms with Crippen LogP contribution in [0.15, 0.2) is 22.7 Å². The lowest BCUT2D eigenvalue weighted by atomic mass is 10.0. The van der Waals surface area contributed by atoms with Gasteiger partial charge in [0.05, 0.1) is 5.56 Å². The first kappa shape index (κ1) is 14.3. The van der Waals surface area contributed by atoms with Crippen LogP contribution < -0.4 is 5.73 Å². The molecule has 1 fully saturated rings. The van der Waals surface area contributed by atoms with Crippen molar-refractivity contribution >= 4 is 39.4 Å². The number of carbonyl (C=O) groups excluding carboxylic acids is 1. The smallest absolute Gasteiger partial charge is 0.325 e. The number of amides is 1. The van der Waals surface area contributed by atoms with E-state index in [1.165, 1.54) is 4.90 Å². The van der Waals surface area contributed by atoms with Gasteiger partial charge in [-0.15, -0.1) is 0 Å². The summed E-state index contributed by atoms with van der Waals surface area (Å²) in [5, 5.41) is 9.50.